The van der Waals surface area contributed by atoms with Crippen LogP contribution in [0.5, 0.6) is 0 Å². The summed E-state index contributed by atoms with van der Waals surface area (Å²) in [6.45, 7) is -0.0772. The van der Waals surface area contributed by atoms with Crippen LogP contribution in [-0.4, -0.2) is 17.0 Å². The number of carbonyl (C=O) groups excluding carboxylic acids is 1. The third-order valence-corrected chi connectivity index (χ3v) is 3.10. The van der Waals surface area contributed by atoms with Crippen LogP contribution >= 0.6 is 0 Å². The molecule has 0 aromatic heterocycles. The summed E-state index contributed by atoms with van der Waals surface area (Å²) in [6, 6.07) is 10.3. The van der Waals surface area contributed by atoms with Crippen LogP contribution < -0.4 is 5.32 Å². The van der Waals surface area contributed by atoms with E-state index in [1.54, 1.807) is 6.07 Å². The zero-order valence-corrected chi connectivity index (χ0v) is 11.7. The first-order chi connectivity index (χ1) is 10.8. The second-order valence-corrected chi connectivity index (χ2v) is 4.73. The number of benzene rings is 2. The molecule has 2 aromatic rings. The predicted molar refractivity (Wildman–Crippen MR) is 76.0 cm³/mol. The van der Waals surface area contributed by atoms with Crippen LogP contribution in [-0.2, 0) is 12.7 Å². The molecule has 4 nitrogen and oxygen atoms in total. The molecule has 2 rings (SSSR count). The molecule has 0 aliphatic heterocycles. The van der Waals surface area contributed by atoms with Crippen molar-refractivity contribution in [1.29, 1.82) is 0 Å². The van der Waals surface area contributed by atoms with E-state index in [4.69, 9.17) is 5.11 Å². The molecular weight excluding hydrogens is 311 g/mol. The topological polar surface area (TPSA) is 66.4 Å². The molecule has 2 N–H and O–H groups in total. The normalized spacial score (nSPS) is 11.1. The Balaban J connectivity index is 2.15. The summed E-state index contributed by atoms with van der Waals surface area (Å²) < 4.78 is 38.6. The minimum atomic E-state index is -4.63. The van der Waals surface area contributed by atoms with E-state index in [2.05, 4.69) is 5.32 Å². The number of carbonyl (C=O) groups is 2. The Morgan fingerprint density at radius 2 is 1.74 bits per heavy atom. The minimum Gasteiger partial charge on any atom is -0.478 e. The molecule has 0 atom stereocenters. The van der Waals surface area contributed by atoms with Crippen molar-refractivity contribution in [1.82, 2.24) is 5.32 Å². The van der Waals surface area contributed by atoms with Crippen LogP contribution in [0.15, 0.2) is 48.5 Å². The molecule has 120 valence electrons. The van der Waals surface area contributed by atoms with Gasteiger partial charge in [-0.1, -0.05) is 24.3 Å². The molecule has 7 heteroatoms. The average Bonchev–Trinajstić information content (AvgIpc) is 2.52. The summed E-state index contributed by atoms with van der Waals surface area (Å²) in [4.78, 5) is 22.8. The van der Waals surface area contributed by atoms with Crippen molar-refractivity contribution in [3.05, 3.63) is 70.8 Å². The molecule has 0 saturated heterocycles. The Labute approximate surface area is 129 Å². The third-order valence-electron chi connectivity index (χ3n) is 3.10. The second kappa shape index (κ2) is 6.51. The number of halogens is 3. The summed E-state index contributed by atoms with van der Waals surface area (Å²) in [6.07, 6.45) is -4.63. The number of rotatable bonds is 4. The van der Waals surface area contributed by atoms with Crippen LogP contribution in [0.3, 0.4) is 0 Å². The minimum absolute atomic E-state index is 0.0347. The highest BCUT2D eigenvalue weighted by Crippen LogP contribution is 2.31. The van der Waals surface area contributed by atoms with Crippen LogP contribution in [0.4, 0.5) is 13.2 Å². The van der Waals surface area contributed by atoms with Gasteiger partial charge in [0.2, 0.25) is 0 Å². The lowest BCUT2D eigenvalue weighted by molar-refractivity contribution is -0.137. The summed E-state index contributed by atoms with van der Waals surface area (Å²) in [5.41, 5.74) is -0.985. The molecule has 23 heavy (non-hydrogen) atoms. The largest absolute Gasteiger partial charge is 0.478 e. The van der Waals surface area contributed by atoms with Crippen molar-refractivity contribution in [3.8, 4) is 0 Å². The molecule has 0 spiro atoms. The van der Waals surface area contributed by atoms with Crippen molar-refractivity contribution in [2.75, 3.05) is 0 Å². The van der Waals surface area contributed by atoms with Gasteiger partial charge in [0.05, 0.1) is 16.7 Å². The first-order valence-corrected chi connectivity index (χ1v) is 6.55. The van der Waals surface area contributed by atoms with E-state index >= 15 is 0 Å². The fourth-order valence-electron chi connectivity index (χ4n) is 2.02. The molecule has 0 bridgehead atoms. The Bertz CT molecular complexity index is 741. The van der Waals surface area contributed by atoms with Crippen LogP contribution in [0.25, 0.3) is 0 Å². The molecule has 0 heterocycles. The number of hydrogen-bond donors (Lipinski definition) is 2. The third kappa shape index (κ3) is 4.09. The number of hydrogen-bond acceptors (Lipinski definition) is 2. The van der Waals surface area contributed by atoms with Crippen molar-refractivity contribution < 1.29 is 27.9 Å². The maximum atomic E-state index is 12.9. The zero-order chi connectivity index (χ0) is 17.0. The van der Waals surface area contributed by atoms with Gasteiger partial charge in [-0.2, -0.15) is 13.2 Å². The highest BCUT2D eigenvalue weighted by Gasteiger charge is 2.34. The van der Waals surface area contributed by atoms with E-state index < -0.39 is 29.2 Å². The highest BCUT2D eigenvalue weighted by molar-refractivity contribution is 5.95. The lowest BCUT2D eigenvalue weighted by Crippen LogP contribution is -2.26. The monoisotopic (exact) mass is 323 g/mol. The lowest BCUT2D eigenvalue weighted by atomic mass is 10.1. The molecule has 0 saturated carbocycles. The molecule has 0 radical (unpaired) electrons. The molecule has 0 fully saturated rings. The summed E-state index contributed by atoms with van der Waals surface area (Å²) >= 11 is 0. The van der Waals surface area contributed by atoms with Crippen molar-refractivity contribution >= 4 is 11.9 Å². The SMILES string of the molecule is O=C(O)c1cccc(CNC(=O)c2ccccc2C(F)(F)F)c1. The standard InChI is InChI=1S/C16H12F3NO3/c17-16(18,19)13-7-2-1-6-12(13)14(21)20-9-10-4-3-5-11(8-10)15(22)23/h1-8H,9H2,(H,20,21)(H,22,23). The Morgan fingerprint density at radius 1 is 1.04 bits per heavy atom. The number of amides is 1. The van der Waals surface area contributed by atoms with Crippen LogP contribution in [0.2, 0.25) is 0 Å². The fraction of sp³-hybridized carbons (Fsp3) is 0.125. The van der Waals surface area contributed by atoms with E-state index in [1.165, 1.54) is 30.3 Å². The van der Waals surface area contributed by atoms with E-state index in [-0.39, 0.29) is 12.1 Å². The number of carboxylic acid groups (broad SMARTS) is 1. The van der Waals surface area contributed by atoms with Gasteiger partial charge in [-0.05, 0) is 29.8 Å². The van der Waals surface area contributed by atoms with E-state index in [9.17, 15) is 22.8 Å². The summed E-state index contributed by atoms with van der Waals surface area (Å²) in [5.74, 6) is -2.00. The van der Waals surface area contributed by atoms with Gasteiger partial charge in [0.1, 0.15) is 0 Å². The second-order valence-electron chi connectivity index (χ2n) is 4.73. The maximum absolute atomic E-state index is 12.9. The van der Waals surface area contributed by atoms with Gasteiger partial charge in [-0.15, -0.1) is 0 Å². The smallest absolute Gasteiger partial charge is 0.417 e. The van der Waals surface area contributed by atoms with E-state index in [0.29, 0.717) is 5.56 Å². The van der Waals surface area contributed by atoms with Gasteiger partial charge in [0.25, 0.3) is 5.91 Å². The maximum Gasteiger partial charge on any atom is 0.417 e. The van der Waals surface area contributed by atoms with Gasteiger partial charge < -0.3 is 10.4 Å². The number of alkyl halides is 3. The molecule has 0 aliphatic carbocycles. The average molecular weight is 323 g/mol. The van der Waals surface area contributed by atoms with Crippen molar-refractivity contribution in [3.63, 3.8) is 0 Å². The van der Waals surface area contributed by atoms with Crippen molar-refractivity contribution in [2.45, 2.75) is 12.7 Å². The first kappa shape index (κ1) is 16.5. The van der Waals surface area contributed by atoms with E-state index in [0.717, 1.165) is 12.1 Å². The lowest BCUT2D eigenvalue weighted by Gasteiger charge is -2.12. The Kier molecular flexibility index (Phi) is 4.68. The quantitative estimate of drug-likeness (QED) is 0.907. The predicted octanol–water partition coefficient (Wildman–Crippen LogP) is 3.33. The zero-order valence-electron chi connectivity index (χ0n) is 11.7. The van der Waals surface area contributed by atoms with Gasteiger partial charge in [-0.25, -0.2) is 4.79 Å². The molecular formula is C16H12F3NO3. The Morgan fingerprint density at radius 3 is 2.39 bits per heavy atom. The van der Waals surface area contributed by atoms with E-state index in [1.807, 2.05) is 0 Å². The Hall–Kier alpha value is -2.83. The summed E-state index contributed by atoms with van der Waals surface area (Å²) in [5, 5.41) is 11.2. The fourth-order valence-corrected chi connectivity index (χ4v) is 2.02. The molecule has 2 aromatic carbocycles. The summed E-state index contributed by atoms with van der Waals surface area (Å²) in [7, 11) is 0. The number of aromatic carboxylic acids is 1. The van der Waals surface area contributed by atoms with Crippen LogP contribution in [0, 0.1) is 0 Å². The van der Waals surface area contributed by atoms with Crippen molar-refractivity contribution in [2.24, 2.45) is 0 Å². The van der Waals surface area contributed by atoms with Gasteiger partial charge in [-0.3, -0.25) is 4.79 Å². The molecule has 0 aliphatic rings. The van der Waals surface area contributed by atoms with Gasteiger partial charge >= 0.3 is 12.1 Å². The number of carboxylic acids is 1. The first-order valence-electron chi connectivity index (χ1n) is 6.55. The highest BCUT2D eigenvalue weighted by atomic mass is 19.4. The number of nitrogens with one attached hydrogen (secondary N) is 1. The van der Waals surface area contributed by atoms with Gasteiger partial charge in [0, 0.05) is 6.54 Å². The molecule has 1 amide bonds. The van der Waals surface area contributed by atoms with Crippen LogP contribution in [0.1, 0.15) is 31.8 Å². The molecule has 0 unspecified atom stereocenters. The van der Waals surface area contributed by atoms with Gasteiger partial charge in [0.15, 0.2) is 0 Å².